The van der Waals surface area contributed by atoms with Gasteiger partial charge in [0.05, 0.1) is 0 Å². The predicted molar refractivity (Wildman–Crippen MR) is 107 cm³/mol. The third-order valence-corrected chi connectivity index (χ3v) is 3.72. The summed E-state index contributed by atoms with van der Waals surface area (Å²) in [5.41, 5.74) is 2.05. The number of carbonyl (C=O) groups excluding carboxylic acids is 1. The number of benzene rings is 1. The van der Waals surface area contributed by atoms with Crippen LogP contribution >= 0.6 is 24.0 Å². The van der Waals surface area contributed by atoms with Crippen LogP contribution in [0.2, 0.25) is 0 Å². The quantitative estimate of drug-likeness (QED) is 0.370. The van der Waals surface area contributed by atoms with Gasteiger partial charge in [0, 0.05) is 31.7 Å². The van der Waals surface area contributed by atoms with Crippen LogP contribution < -0.4 is 16.0 Å². The van der Waals surface area contributed by atoms with E-state index in [2.05, 4.69) is 34.8 Å². The van der Waals surface area contributed by atoms with Gasteiger partial charge < -0.3 is 16.0 Å². The maximum absolute atomic E-state index is 11.0. The van der Waals surface area contributed by atoms with Gasteiger partial charge >= 0.3 is 0 Å². The van der Waals surface area contributed by atoms with Crippen molar-refractivity contribution in [3.05, 3.63) is 29.8 Å². The molecule has 1 aromatic carbocycles. The molecule has 0 saturated heterocycles. The van der Waals surface area contributed by atoms with E-state index in [1.54, 1.807) is 0 Å². The minimum Gasteiger partial charge on any atom is -0.357 e. The summed E-state index contributed by atoms with van der Waals surface area (Å²) >= 11 is 0. The smallest absolute Gasteiger partial charge is 0.221 e. The van der Waals surface area contributed by atoms with Gasteiger partial charge in [-0.15, -0.1) is 24.0 Å². The van der Waals surface area contributed by atoms with Gasteiger partial charge in [0.15, 0.2) is 5.96 Å². The first-order valence-electron chi connectivity index (χ1n) is 8.00. The second-order valence-corrected chi connectivity index (χ2v) is 5.85. The summed E-state index contributed by atoms with van der Waals surface area (Å²) < 4.78 is 0. The molecule has 2 unspecified atom stereocenters. The Morgan fingerprint density at radius 3 is 2.48 bits per heavy atom. The molecule has 3 N–H and O–H groups in total. The maximum atomic E-state index is 11.0. The van der Waals surface area contributed by atoms with E-state index in [1.807, 2.05) is 24.3 Å². The van der Waals surface area contributed by atoms with E-state index in [9.17, 15) is 4.79 Å². The average Bonchev–Trinajstić information content (AvgIpc) is 3.15. The Bertz CT molecular complexity index is 530. The summed E-state index contributed by atoms with van der Waals surface area (Å²) in [6, 6.07) is 8.49. The molecule has 5 nitrogen and oxygen atoms in total. The summed E-state index contributed by atoms with van der Waals surface area (Å²) in [4.78, 5) is 15.6. The molecular weight excluding hydrogens is 403 g/mol. The van der Waals surface area contributed by atoms with Crippen LogP contribution in [0.5, 0.6) is 0 Å². The molecule has 0 radical (unpaired) electrons. The van der Waals surface area contributed by atoms with Gasteiger partial charge in [0.1, 0.15) is 0 Å². The summed E-state index contributed by atoms with van der Waals surface area (Å²) in [6.45, 7) is 7.46. The minimum atomic E-state index is -0.0481. The largest absolute Gasteiger partial charge is 0.357 e. The van der Waals surface area contributed by atoms with E-state index in [-0.39, 0.29) is 29.9 Å². The molecular formula is C17H27IN4O. The maximum Gasteiger partial charge on any atom is 0.221 e. The standard InChI is InChI=1S/C17H26N4O.HI/c1-4-18-17(21-16-11-12(16)2)19-10-9-14-5-7-15(8-6-14)20-13(3)22;/h5-8,12,16H,4,9-11H2,1-3H3,(H,20,22)(H2,18,19,21);1H. The van der Waals surface area contributed by atoms with Crippen LogP contribution in [0.15, 0.2) is 29.3 Å². The minimum absolute atomic E-state index is 0. The molecule has 6 heteroatoms. The molecule has 0 bridgehead atoms. The van der Waals surface area contributed by atoms with Crippen LogP contribution in [-0.4, -0.2) is 31.0 Å². The molecule has 1 saturated carbocycles. The van der Waals surface area contributed by atoms with Crippen LogP contribution in [0.1, 0.15) is 32.8 Å². The number of carbonyl (C=O) groups is 1. The molecule has 0 aromatic heterocycles. The lowest BCUT2D eigenvalue weighted by Crippen LogP contribution is -2.39. The summed E-state index contributed by atoms with van der Waals surface area (Å²) in [5.74, 6) is 1.62. The molecule has 2 atom stereocenters. The van der Waals surface area contributed by atoms with E-state index >= 15 is 0 Å². The number of hydrogen-bond acceptors (Lipinski definition) is 2. The van der Waals surface area contributed by atoms with E-state index in [0.29, 0.717) is 6.04 Å². The number of hydrogen-bond donors (Lipinski definition) is 3. The zero-order valence-corrected chi connectivity index (χ0v) is 16.4. The van der Waals surface area contributed by atoms with Gasteiger partial charge in [-0.05, 0) is 43.4 Å². The van der Waals surface area contributed by atoms with Gasteiger partial charge in [-0.25, -0.2) is 0 Å². The van der Waals surface area contributed by atoms with E-state index < -0.39 is 0 Å². The Morgan fingerprint density at radius 1 is 1.30 bits per heavy atom. The third-order valence-electron chi connectivity index (χ3n) is 3.72. The lowest BCUT2D eigenvalue weighted by Gasteiger charge is -2.10. The van der Waals surface area contributed by atoms with E-state index in [4.69, 9.17) is 0 Å². The van der Waals surface area contributed by atoms with Crippen LogP contribution in [0, 0.1) is 5.92 Å². The summed E-state index contributed by atoms with van der Waals surface area (Å²) in [6.07, 6.45) is 2.12. The van der Waals surface area contributed by atoms with Crippen molar-refractivity contribution in [3.8, 4) is 0 Å². The molecule has 2 rings (SSSR count). The van der Waals surface area contributed by atoms with Crippen molar-refractivity contribution in [2.75, 3.05) is 18.4 Å². The van der Waals surface area contributed by atoms with Crippen LogP contribution in [0.4, 0.5) is 5.69 Å². The molecule has 1 aromatic rings. The van der Waals surface area contributed by atoms with Crippen LogP contribution in [0.3, 0.4) is 0 Å². The summed E-state index contributed by atoms with van der Waals surface area (Å²) in [7, 11) is 0. The molecule has 0 aliphatic heterocycles. The zero-order chi connectivity index (χ0) is 15.9. The third kappa shape index (κ3) is 7.20. The van der Waals surface area contributed by atoms with Crippen molar-refractivity contribution in [2.45, 2.75) is 39.7 Å². The van der Waals surface area contributed by atoms with Crippen molar-refractivity contribution < 1.29 is 4.79 Å². The first-order chi connectivity index (χ1) is 10.6. The van der Waals surface area contributed by atoms with Crippen molar-refractivity contribution in [1.29, 1.82) is 0 Å². The van der Waals surface area contributed by atoms with Gasteiger partial charge in [-0.3, -0.25) is 9.79 Å². The normalized spacial score (nSPS) is 19.5. The van der Waals surface area contributed by atoms with Crippen molar-refractivity contribution in [3.63, 3.8) is 0 Å². The lowest BCUT2D eigenvalue weighted by atomic mass is 10.1. The highest BCUT2D eigenvalue weighted by Crippen LogP contribution is 2.28. The van der Waals surface area contributed by atoms with Crippen LogP contribution in [0.25, 0.3) is 0 Å². The Labute approximate surface area is 155 Å². The van der Waals surface area contributed by atoms with Crippen molar-refractivity contribution in [2.24, 2.45) is 10.9 Å². The highest BCUT2D eigenvalue weighted by atomic mass is 127. The van der Waals surface area contributed by atoms with E-state index in [1.165, 1.54) is 18.9 Å². The monoisotopic (exact) mass is 430 g/mol. The highest BCUT2D eigenvalue weighted by molar-refractivity contribution is 14.0. The molecule has 128 valence electrons. The van der Waals surface area contributed by atoms with Gasteiger partial charge in [-0.2, -0.15) is 0 Å². The number of aliphatic imine (C=N–C) groups is 1. The van der Waals surface area contributed by atoms with Gasteiger partial charge in [0.25, 0.3) is 0 Å². The second-order valence-electron chi connectivity index (χ2n) is 5.85. The molecule has 1 fully saturated rings. The molecule has 1 aliphatic rings. The fourth-order valence-electron chi connectivity index (χ4n) is 2.27. The first kappa shape index (κ1) is 19.7. The number of halogens is 1. The first-order valence-corrected chi connectivity index (χ1v) is 8.00. The van der Waals surface area contributed by atoms with E-state index in [0.717, 1.165) is 37.1 Å². The van der Waals surface area contributed by atoms with Gasteiger partial charge in [0.2, 0.25) is 5.91 Å². The average molecular weight is 430 g/mol. The Balaban J connectivity index is 0.00000264. The SMILES string of the molecule is CCNC(=NCCc1ccc(NC(C)=O)cc1)NC1CC1C.I. The molecule has 1 amide bonds. The Morgan fingerprint density at radius 2 is 1.96 bits per heavy atom. The summed E-state index contributed by atoms with van der Waals surface area (Å²) in [5, 5.41) is 9.50. The van der Waals surface area contributed by atoms with Crippen LogP contribution in [-0.2, 0) is 11.2 Å². The number of rotatable bonds is 6. The number of nitrogens with zero attached hydrogens (tertiary/aromatic N) is 1. The number of anilines is 1. The van der Waals surface area contributed by atoms with Crippen molar-refractivity contribution in [1.82, 2.24) is 10.6 Å². The predicted octanol–water partition coefficient (Wildman–Crippen LogP) is 2.77. The number of amides is 1. The topological polar surface area (TPSA) is 65.5 Å². The highest BCUT2D eigenvalue weighted by Gasteiger charge is 2.33. The fourth-order valence-corrected chi connectivity index (χ4v) is 2.27. The fraction of sp³-hybridized carbons (Fsp3) is 0.529. The molecule has 0 spiro atoms. The second kappa shape index (κ2) is 9.75. The number of nitrogens with one attached hydrogen (secondary N) is 3. The van der Waals surface area contributed by atoms with Crippen molar-refractivity contribution >= 4 is 41.5 Å². The lowest BCUT2D eigenvalue weighted by molar-refractivity contribution is -0.114. The van der Waals surface area contributed by atoms with Gasteiger partial charge in [-0.1, -0.05) is 19.1 Å². The molecule has 23 heavy (non-hydrogen) atoms. The number of guanidine groups is 1. The molecule has 0 heterocycles. The molecule has 1 aliphatic carbocycles. The Hall–Kier alpha value is -1.31. The zero-order valence-electron chi connectivity index (χ0n) is 14.1. The Kier molecular flexibility index (Phi) is 8.36.